The minimum Gasteiger partial charge on any atom is -0.123 e. The second kappa shape index (κ2) is 8.19. The Morgan fingerprint density at radius 2 is 1.67 bits per heavy atom. The van der Waals surface area contributed by atoms with Crippen molar-refractivity contribution in [2.75, 3.05) is 0 Å². The number of halogens is 2. The highest BCUT2D eigenvalue weighted by atomic mass is 35.5. The van der Waals surface area contributed by atoms with Crippen molar-refractivity contribution in [3.63, 3.8) is 0 Å². The maximum absolute atomic E-state index is 6.10. The summed E-state index contributed by atoms with van der Waals surface area (Å²) in [4.78, 5) is 0. The fourth-order valence-electron chi connectivity index (χ4n) is 1.17. The summed E-state index contributed by atoms with van der Waals surface area (Å²) in [6.45, 7) is 4.24. The van der Waals surface area contributed by atoms with Crippen LogP contribution in [0.25, 0.3) is 0 Å². The van der Waals surface area contributed by atoms with Crippen LogP contribution in [0.1, 0.15) is 52.4 Å². The van der Waals surface area contributed by atoms with Gasteiger partial charge in [-0.15, -0.1) is 23.2 Å². The summed E-state index contributed by atoms with van der Waals surface area (Å²) in [7, 11) is 0. The number of unbranched alkanes of at least 4 members (excludes halogenated alkanes) is 2. The topological polar surface area (TPSA) is 0 Å². The molecule has 0 radical (unpaired) electrons. The van der Waals surface area contributed by atoms with E-state index in [0.29, 0.717) is 5.38 Å². The number of hydrogen-bond donors (Lipinski definition) is 0. The third-order valence-electron chi connectivity index (χ3n) is 2.00. The Hall–Kier alpha value is 0.580. The van der Waals surface area contributed by atoms with Crippen molar-refractivity contribution in [1.82, 2.24) is 0 Å². The van der Waals surface area contributed by atoms with E-state index in [1.165, 1.54) is 19.3 Å². The average Bonchev–Trinajstić information content (AvgIpc) is 2.01. The highest BCUT2D eigenvalue weighted by Gasteiger charge is 2.05. The van der Waals surface area contributed by atoms with Crippen LogP contribution in [-0.4, -0.2) is 10.8 Å². The molecule has 0 aromatic heterocycles. The van der Waals surface area contributed by atoms with E-state index in [4.69, 9.17) is 23.2 Å². The molecule has 0 amide bonds. The predicted octanol–water partition coefficient (Wildman–Crippen LogP) is 4.58. The highest BCUT2D eigenvalue weighted by molar-refractivity contribution is 6.21. The lowest BCUT2D eigenvalue weighted by Crippen LogP contribution is -2.02. The van der Waals surface area contributed by atoms with E-state index in [1.807, 2.05) is 6.92 Å². The minimum atomic E-state index is 0.275. The van der Waals surface area contributed by atoms with Gasteiger partial charge in [0.15, 0.2) is 0 Å². The van der Waals surface area contributed by atoms with Gasteiger partial charge in [-0.05, 0) is 26.2 Å². The molecule has 0 fully saturated rings. The van der Waals surface area contributed by atoms with Crippen LogP contribution in [0.5, 0.6) is 0 Å². The Balaban J connectivity index is 3.15. The van der Waals surface area contributed by atoms with Crippen molar-refractivity contribution >= 4 is 23.2 Å². The molecule has 0 spiro atoms. The first-order valence-corrected chi connectivity index (χ1v) is 5.82. The molecule has 0 rings (SSSR count). The van der Waals surface area contributed by atoms with E-state index < -0.39 is 0 Å². The zero-order chi connectivity index (χ0) is 9.40. The first-order chi connectivity index (χ1) is 5.66. The summed E-state index contributed by atoms with van der Waals surface area (Å²) in [5, 5.41) is 0.621. The normalized spacial score (nSPS) is 16.0. The molecule has 74 valence electrons. The van der Waals surface area contributed by atoms with E-state index in [1.54, 1.807) is 0 Å². The predicted molar refractivity (Wildman–Crippen MR) is 58.3 cm³/mol. The molecule has 0 aliphatic heterocycles. The molecule has 0 bridgehead atoms. The molecule has 0 aliphatic rings. The standard InChI is InChI=1S/C10H20Cl2/c1-3-4-5-6-10(12)8-7-9(2)11/h9-10H,3-8H2,1-2H3. The van der Waals surface area contributed by atoms with Crippen LogP contribution < -0.4 is 0 Å². The molecule has 0 saturated heterocycles. The fraction of sp³-hybridized carbons (Fsp3) is 1.00. The van der Waals surface area contributed by atoms with Gasteiger partial charge < -0.3 is 0 Å². The van der Waals surface area contributed by atoms with Gasteiger partial charge in [0.1, 0.15) is 0 Å². The molecule has 12 heavy (non-hydrogen) atoms. The number of alkyl halides is 2. The van der Waals surface area contributed by atoms with Crippen LogP contribution in [0.4, 0.5) is 0 Å². The fourth-order valence-corrected chi connectivity index (χ4v) is 1.58. The smallest absolute Gasteiger partial charge is 0.0336 e. The summed E-state index contributed by atoms with van der Waals surface area (Å²) < 4.78 is 0. The van der Waals surface area contributed by atoms with E-state index in [0.717, 1.165) is 19.3 Å². The lowest BCUT2D eigenvalue weighted by Gasteiger charge is -2.09. The summed E-state index contributed by atoms with van der Waals surface area (Å²) >= 11 is 11.9. The van der Waals surface area contributed by atoms with Gasteiger partial charge >= 0.3 is 0 Å². The summed E-state index contributed by atoms with van der Waals surface area (Å²) in [5.41, 5.74) is 0. The van der Waals surface area contributed by atoms with Crippen molar-refractivity contribution in [3.8, 4) is 0 Å². The van der Waals surface area contributed by atoms with E-state index >= 15 is 0 Å². The lowest BCUT2D eigenvalue weighted by atomic mass is 10.1. The van der Waals surface area contributed by atoms with E-state index in [2.05, 4.69) is 6.92 Å². The first-order valence-electron chi connectivity index (χ1n) is 4.95. The summed E-state index contributed by atoms with van der Waals surface area (Å²) in [6, 6.07) is 0. The van der Waals surface area contributed by atoms with Crippen molar-refractivity contribution in [1.29, 1.82) is 0 Å². The van der Waals surface area contributed by atoms with Crippen LogP contribution in [0.2, 0.25) is 0 Å². The molecule has 0 heterocycles. The second-order valence-electron chi connectivity index (χ2n) is 3.45. The van der Waals surface area contributed by atoms with Gasteiger partial charge in [-0.2, -0.15) is 0 Å². The van der Waals surface area contributed by atoms with Gasteiger partial charge in [0.05, 0.1) is 0 Å². The van der Waals surface area contributed by atoms with Crippen LogP contribution in [0.3, 0.4) is 0 Å². The molecular formula is C10H20Cl2. The SMILES string of the molecule is CCCCCC(Cl)CCC(C)Cl. The number of rotatable bonds is 7. The largest absolute Gasteiger partial charge is 0.123 e. The monoisotopic (exact) mass is 210 g/mol. The Morgan fingerprint density at radius 1 is 1.00 bits per heavy atom. The van der Waals surface area contributed by atoms with Crippen molar-refractivity contribution in [3.05, 3.63) is 0 Å². The molecule has 0 saturated carbocycles. The van der Waals surface area contributed by atoms with Gasteiger partial charge in [-0.3, -0.25) is 0 Å². The van der Waals surface area contributed by atoms with Gasteiger partial charge in [0.25, 0.3) is 0 Å². The molecule has 0 aliphatic carbocycles. The zero-order valence-electron chi connectivity index (χ0n) is 8.15. The molecule has 0 aromatic rings. The van der Waals surface area contributed by atoms with Gasteiger partial charge in [-0.25, -0.2) is 0 Å². The Morgan fingerprint density at radius 3 is 2.17 bits per heavy atom. The second-order valence-corrected chi connectivity index (χ2v) is 4.81. The Bertz CT molecular complexity index is 91.8. The average molecular weight is 211 g/mol. The first kappa shape index (κ1) is 12.6. The van der Waals surface area contributed by atoms with E-state index in [-0.39, 0.29) is 5.38 Å². The van der Waals surface area contributed by atoms with E-state index in [9.17, 15) is 0 Å². The summed E-state index contributed by atoms with van der Waals surface area (Å²) in [5.74, 6) is 0. The molecule has 2 heteroatoms. The van der Waals surface area contributed by atoms with Crippen LogP contribution in [0.15, 0.2) is 0 Å². The lowest BCUT2D eigenvalue weighted by molar-refractivity contribution is 0.594. The zero-order valence-corrected chi connectivity index (χ0v) is 9.67. The summed E-state index contributed by atoms with van der Waals surface area (Å²) in [6.07, 6.45) is 7.10. The van der Waals surface area contributed by atoms with Gasteiger partial charge in [0, 0.05) is 10.8 Å². The van der Waals surface area contributed by atoms with Crippen molar-refractivity contribution < 1.29 is 0 Å². The van der Waals surface area contributed by atoms with Crippen LogP contribution in [-0.2, 0) is 0 Å². The van der Waals surface area contributed by atoms with Crippen molar-refractivity contribution in [2.24, 2.45) is 0 Å². The Kier molecular flexibility index (Phi) is 8.59. The quantitative estimate of drug-likeness (QED) is 0.427. The van der Waals surface area contributed by atoms with Crippen LogP contribution in [0, 0.1) is 0 Å². The van der Waals surface area contributed by atoms with Crippen LogP contribution >= 0.6 is 23.2 Å². The van der Waals surface area contributed by atoms with Gasteiger partial charge in [0.2, 0.25) is 0 Å². The minimum absolute atomic E-state index is 0.275. The van der Waals surface area contributed by atoms with Gasteiger partial charge in [-0.1, -0.05) is 26.2 Å². The maximum atomic E-state index is 6.10. The maximum Gasteiger partial charge on any atom is 0.0336 e. The third kappa shape index (κ3) is 8.67. The molecule has 2 unspecified atom stereocenters. The highest BCUT2D eigenvalue weighted by Crippen LogP contribution is 2.16. The molecule has 0 N–H and O–H groups in total. The number of hydrogen-bond acceptors (Lipinski definition) is 0. The Labute approximate surface area is 86.6 Å². The molecular weight excluding hydrogens is 191 g/mol. The van der Waals surface area contributed by atoms with Crippen molar-refractivity contribution in [2.45, 2.75) is 63.1 Å². The molecule has 2 atom stereocenters. The molecule has 0 nitrogen and oxygen atoms in total. The third-order valence-corrected chi connectivity index (χ3v) is 2.65. The molecule has 0 aromatic carbocycles.